The Balaban J connectivity index is 0.000000640. The molecule has 0 amide bonds. The fourth-order valence-corrected chi connectivity index (χ4v) is 0.679. The van der Waals surface area contributed by atoms with Crippen LogP contribution in [0.25, 0.3) is 0 Å². The van der Waals surface area contributed by atoms with E-state index in [4.69, 9.17) is 0 Å². The molecule has 2 heteroatoms. The molecule has 0 radical (unpaired) electrons. The summed E-state index contributed by atoms with van der Waals surface area (Å²) in [4.78, 5) is 4.17. The van der Waals surface area contributed by atoms with Gasteiger partial charge in [-0.25, -0.2) is 0 Å². The van der Waals surface area contributed by atoms with Crippen molar-refractivity contribution in [2.24, 2.45) is 0 Å². The van der Waals surface area contributed by atoms with Crippen LogP contribution in [0.15, 0.2) is 18.2 Å². The monoisotopic (exact) mass is 302 g/mol. The van der Waals surface area contributed by atoms with Crippen LogP contribution in [0.1, 0.15) is 11.4 Å². The number of aromatic nitrogens is 1. The second-order valence-corrected chi connectivity index (χ2v) is 1.92. The number of hydrogen-bond donors (Lipinski definition) is 0. The first-order valence-corrected chi connectivity index (χ1v) is 2.69. The third kappa shape index (κ3) is 2.76. The predicted molar refractivity (Wildman–Crippen MR) is 33.7 cm³/mol. The van der Waals surface area contributed by atoms with Gasteiger partial charge >= 0.3 is 0 Å². The van der Waals surface area contributed by atoms with Crippen molar-refractivity contribution in [3.05, 3.63) is 29.6 Å². The molecule has 1 rings (SSSR count). The number of aryl methyl sites for hydroxylation is 2. The number of hydrogen-bond acceptors (Lipinski definition) is 1. The fraction of sp³-hybridized carbons (Fsp3) is 0.286. The maximum Gasteiger partial charge on any atom is 0.0375 e. The molecule has 0 saturated carbocycles. The largest absolute Gasteiger partial charge is 0.258 e. The summed E-state index contributed by atoms with van der Waals surface area (Å²) in [5, 5.41) is 0. The van der Waals surface area contributed by atoms with Crippen LogP contribution in [0.5, 0.6) is 0 Å². The van der Waals surface area contributed by atoms with E-state index < -0.39 is 0 Å². The first-order chi connectivity index (χ1) is 3.79. The van der Waals surface area contributed by atoms with Gasteiger partial charge in [0.2, 0.25) is 0 Å². The number of nitrogens with zero attached hydrogens (tertiary/aromatic N) is 1. The van der Waals surface area contributed by atoms with E-state index in [-0.39, 0.29) is 21.1 Å². The van der Waals surface area contributed by atoms with Gasteiger partial charge in [-0.05, 0) is 26.0 Å². The zero-order valence-corrected chi connectivity index (χ0v) is 7.77. The Morgan fingerprint density at radius 1 is 1.11 bits per heavy atom. The van der Waals surface area contributed by atoms with E-state index >= 15 is 0 Å². The van der Waals surface area contributed by atoms with Gasteiger partial charge in [-0.3, -0.25) is 4.98 Å². The quantitative estimate of drug-likeness (QED) is 0.711. The number of pyridine rings is 1. The summed E-state index contributed by atoms with van der Waals surface area (Å²) in [5.41, 5.74) is 2.18. The van der Waals surface area contributed by atoms with Gasteiger partial charge in [0.15, 0.2) is 0 Å². The van der Waals surface area contributed by atoms with Gasteiger partial charge < -0.3 is 0 Å². The summed E-state index contributed by atoms with van der Waals surface area (Å²) >= 11 is 0. The Labute approximate surface area is 69.8 Å². The Morgan fingerprint density at radius 3 is 1.78 bits per heavy atom. The molecule has 0 aliphatic carbocycles. The molecule has 0 bridgehead atoms. The molecule has 0 spiro atoms. The van der Waals surface area contributed by atoms with Gasteiger partial charge in [-0.15, -0.1) is 0 Å². The Hall–Kier alpha value is -0.162. The van der Waals surface area contributed by atoms with E-state index in [2.05, 4.69) is 4.98 Å². The third-order valence-corrected chi connectivity index (χ3v) is 1.03. The maximum absolute atomic E-state index is 4.17. The van der Waals surface area contributed by atoms with Crippen molar-refractivity contribution in [1.82, 2.24) is 4.98 Å². The normalized spacial score (nSPS) is 8.22. The zero-order chi connectivity index (χ0) is 5.98. The molecule has 0 unspecified atom stereocenters. The van der Waals surface area contributed by atoms with Crippen molar-refractivity contribution in [2.45, 2.75) is 13.8 Å². The molecule has 52 valence electrons. The van der Waals surface area contributed by atoms with Gasteiger partial charge in [-0.1, -0.05) is 6.07 Å². The van der Waals surface area contributed by atoms with Crippen LogP contribution in [0.2, 0.25) is 0 Å². The standard InChI is InChI=1S/C7H9N.Pt/c1-6-4-3-5-7(2)8-6;/h3-5H,1-2H3;. The Kier molecular flexibility index (Phi) is 3.72. The van der Waals surface area contributed by atoms with Crippen molar-refractivity contribution < 1.29 is 21.1 Å². The minimum Gasteiger partial charge on any atom is -0.258 e. The molecule has 1 nitrogen and oxygen atoms in total. The van der Waals surface area contributed by atoms with Crippen molar-refractivity contribution >= 4 is 0 Å². The van der Waals surface area contributed by atoms with Gasteiger partial charge in [0.1, 0.15) is 0 Å². The molecule has 0 saturated heterocycles. The average Bonchev–Trinajstić information content (AvgIpc) is 1.64. The SMILES string of the molecule is Cc1cccc(C)n1.[Pt]. The molecule has 1 heterocycles. The zero-order valence-electron chi connectivity index (χ0n) is 5.50. The third-order valence-electron chi connectivity index (χ3n) is 1.03. The van der Waals surface area contributed by atoms with Gasteiger partial charge in [0, 0.05) is 32.5 Å². The average molecular weight is 302 g/mol. The van der Waals surface area contributed by atoms with E-state index in [9.17, 15) is 0 Å². The van der Waals surface area contributed by atoms with Crippen molar-refractivity contribution in [2.75, 3.05) is 0 Å². The van der Waals surface area contributed by atoms with E-state index in [1.54, 1.807) is 0 Å². The van der Waals surface area contributed by atoms with Gasteiger partial charge in [-0.2, -0.15) is 0 Å². The maximum atomic E-state index is 4.17. The summed E-state index contributed by atoms with van der Waals surface area (Å²) < 4.78 is 0. The van der Waals surface area contributed by atoms with Crippen LogP contribution in [-0.4, -0.2) is 4.98 Å². The van der Waals surface area contributed by atoms with Crippen molar-refractivity contribution in [3.8, 4) is 0 Å². The Morgan fingerprint density at radius 2 is 1.56 bits per heavy atom. The molecular formula is C7H9NPt. The smallest absolute Gasteiger partial charge is 0.0375 e. The van der Waals surface area contributed by atoms with Crippen molar-refractivity contribution in [1.29, 1.82) is 0 Å². The van der Waals surface area contributed by atoms with E-state index in [0.29, 0.717) is 0 Å². The molecule has 0 N–H and O–H groups in total. The first kappa shape index (κ1) is 8.84. The molecule has 0 fully saturated rings. The molecule has 0 aromatic carbocycles. The molecule has 0 aliphatic heterocycles. The molecule has 9 heavy (non-hydrogen) atoms. The van der Waals surface area contributed by atoms with Crippen LogP contribution in [-0.2, 0) is 21.1 Å². The van der Waals surface area contributed by atoms with Crippen LogP contribution in [0.4, 0.5) is 0 Å². The van der Waals surface area contributed by atoms with Crippen molar-refractivity contribution in [3.63, 3.8) is 0 Å². The van der Waals surface area contributed by atoms with Crippen LogP contribution >= 0.6 is 0 Å². The van der Waals surface area contributed by atoms with Crippen LogP contribution < -0.4 is 0 Å². The summed E-state index contributed by atoms with van der Waals surface area (Å²) in [6, 6.07) is 6.00. The van der Waals surface area contributed by atoms with Crippen LogP contribution in [0.3, 0.4) is 0 Å². The topological polar surface area (TPSA) is 12.9 Å². The second kappa shape index (κ2) is 3.79. The van der Waals surface area contributed by atoms with Gasteiger partial charge in [0.25, 0.3) is 0 Å². The number of rotatable bonds is 0. The predicted octanol–water partition coefficient (Wildman–Crippen LogP) is 1.70. The second-order valence-electron chi connectivity index (χ2n) is 1.92. The van der Waals surface area contributed by atoms with Crippen LogP contribution in [0, 0.1) is 13.8 Å². The molecule has 1 aromatic heterocycles. The molecule has 1 aromatic rings. The van der Waals surface area contributed by atoms with E-state index in [0.717, 1.165) is 11.4 Å². The molecule has 0 atom stereocenters. The Bertz CT molecular complexity index is 169. The minimum atomic E-state index is 0. The molecule has 0 aliphatic rings. The minimum absolute atomic E-state index is 0. The molecular weight excluding hydrogens is 293 g/mol. The first-order valence-electron chi connectivity index (χ1n) is 2.69. The van der Waals surface area contributed by atoms with Gasteiger partial charge in [0.05, 0.1) is 0 Å². The fourth-order valence-electron chi connectivity index (χ4n) is 0.679. The van der Waals surface area contributed by atoms with E-state index in [1.807, 2.05) is 32.0 Å². The summed E-state index contributed by atoms with van der Waals surface area (Å²) in [6.45, 7) is 3.99. The summed E-state index contributed by atoms with van der Waals surface area (Å²) in [5.74, 6) is 0. The summed E-state index contributed by atoms with van der Waals surface area (Å²) in [6.07, 6.45) is 0. The summed E-state index contributed by atoms with van der Waals surface area (Å²) in [7, 11) is 0. The van der Waals surface area contributed by atoms with E-state index in [1.165, 1.54) is 0 Å².